The predicted molar refractivity (Wildman–Crippen MR) is 116 cm³/mol. The zero-order valence-electron chi connectivity index (χ0n) is 18.6. The first-order valence-corrected chi connectivity index (χ1v) is 11.0. The molecule has 2 N–H and O–H groups in total. The van der Waals surface area contributed by atoms with E-state index < -0.39 is 6.04 Å². The summed E-state index contributed by atoms with van der Waals surface area (Å²) in [5.74, 6) is -1.05. The van der Waals surface area contributed by atoms with E-state index in [0.717, 1.165) is 24.0 Å². The standard InChI is InChI=1S/C23H32N4O4/c1-15-10-16(2)12-18(11-15)23(31)26-8-4-6-17(14-26)21(29)25-13-20(28)27-9-5-7-19(27)22(30)24-3/h10-12,17,19H,4-9,13-14H2,1-3H3,(H,24,30)(H,25,29). The highest BCUT2D eigenvalue weighted by atomic mass is 16.2. The van der Waals surface area contributed by atoms with Gasteiger partial charge in [0.15, 0.2) is 0 Å². The number of amides is 4. The summed E-state index contributed by atoms with van der Waals surface area (Å²) in [4.78, 5) is 53.4. The summed E-state index contributed by atoms with van der Waals surface area (Å²) in [7, 11) is 1.55. The Labute approximate surface area is 183 Å². The predicted octanol–water partition coefficient (Wildman–Crippen LogP) is 1.01. The molecule has 2 saturated heterocycles. The van der Waals surface area contributed by atoms with E-state index in [1.807, 2.05) is 32.0 Å². The third-order valence-electron chi connectivity index (χ3n) is 6.08. The Bertz CT molecular complexity index is 849. The highest BCUT2D eigenvalue weighted by Gasteiger charge is 2.34. The van der Waals surface area contributed by atoms with Gasteiger partial charge in [0.2, 0.25) is 17.7 Å². The number of benzene rings is 1. The lowest BCUT2D eigenvalue weighted by Crippen LogP contribution is -2.50. The fraction of sp³-hybridized carbons (Fsp3) is 0.565. The molecule has 0 aromatic heterocycles. The number of aryl methyl sites for hydroxylation is 2. The van der Waals surface area contributed by atoms with Crippen LogP contribution in [-0.4, -0.2) is 72.7 Å². The highest BCUT2D eigenvalue weighted by Crippen LogP contribution is 2.21. The van der Waals surface area contributed by atoms with Gasteiger partial charge in [0.25, 0.3) is 5.91 Å². The van der Waals surface area contributed by atoms with E-state index in [0.29, 0.717) is 38.0 Å². The maximum atomic E-state index is 12.9. The summed E-state index contributed by atoms with van der Waals surface area (Å²) in [6.07, 6.45) is 2.84. The number of carbonyl (C=O) groups excluding carboxylic acids is 4. The topological polar surface area (TPSA) is 98.8 Å². The van der Waals surface area contributed by atoms with E-state index in [-0.39, 0.29) is 36.1 Å². The quantitative estimate of drug-likeness (QED) is 0.731. The average Bonchev–Trinajstić information content (AvgIpc) is 3.25. The Hall–Kier alpha value is -2.90. The molecule has 8 nitrogen and oxygen atoms in total. The Morgan fingerprint density at radius 3 is 2.32 bits per heavy atom. The molecule has 2 atom stereocenters. The smallest absolute Gasteiger partial charge is 0.253 e. The first-order chi connectivity index (χ1) is 14.8. The molecule has 0 bridgehead atoms. The van der Waals surface area contributed by atoms with E-state index in [1.165, 1.54) is 4.90 Å². The van der Waals surface area contributed by atoms with Crippen molar-refractivity contribution in [1.29, 1.82) is 0 Å². The van der Waals surface area contributed by atoms with Crippen molar-refractivity contribution in [2.75, 3.05) is 33.2 Å². The van der Waals surface area contributed by atoms with Gasteiger partial charge in [0, 0.05) is 32.2 Å². The van der Waals surface area contributed by atoms with Crippen molar-refractivity contribution in [3.63, 3.8) is 0 Å². The molecule has 3 rings (SSSR count). The summed E-state index contributed by atoms with van der Waals surface area (Å²) in [5.41, 5.74) is 2.71. The van der Waals surface area contributed by atoms with E-state index in [1.54, 1.807) is 11.9 Å². The minimum absolute atomic E-state index is 0.0640. The van der Waals surface area contributed by atoms with Crippen molar-refractivity contribution < 1.29 is 19.2 Å². The van der Waals surface area contributed by atoms with Crippen LogP contribution in [0, 0.1) is 19.8 Å². The van der Waals surface area contributed by atoms with Crippen LogP contribution in [0.25, 0.3) is 0 Å². The lowest BCUT2D eigenvalue weighted by Gasteiger charge is -2.32. The van der Waals surface area contributed by atoms with Gasteiger partial charge < -0.3 is 20.4 Å². The molecule has 168 valence electrons. The average molecular weight is 429 g/mol. The zero-order valence-corrected chi connectivity index (χ0v) is 18.6. The van der Waals surface area contributed by atoms with Gasteiger partial charge in [-0.15, -0.1) is 0 Å². The third kappa shape index (κ3) is 5.42. The molecule has 1 aromatic carbocycles. The molecule has 0 spiro atoms. The van der Waals surface area contributed by atoms with Crippen LogP contribution >= 0.6 is 0 Å². The maximum Gasteiger partial charge on any atom is 0.253 e. The van der Waals surface area contributed by atoms with Gasteiger partial charge in [-0.05, 0) is 51.7 Å². The van der Waals surface area contributed by atoms with Crippen molar-refractivity contribution >= 4 is 23.6 Å². The first-order valence-electron chi connectivity index (χ1n) is 11.0. The normalized spacial score (nSPS) is 21.0. The molecule has 2 fully saturated rings. The fourth-order valence-corrected chi connectivity index (χ4v) is 4.57. The zero-order chi connectivity index (χ0) is 22.5. The minimum Gasteiger partial charge on any atom is -0.357 e. The van der Waals surface area contributed by atoms with E-state index in [4.69, 9.17) is 0 Å². The number of likely N-dealkylation sites (tertiary alicyclic amines) is 2. The SMILES string of the molecule is CNC(=O)C1CCCN1C(=O)CNC(=O)C1CCCN(C(=O)c2cc(C)cc(C)c2)C1. The molecule has 8 heteroatoms. The Balaban J connectivity index is 1.55. The van der Waals surface area contributed by atoms with Gasteiger partial charge in [-0.2, -0.15) is 0 Å². The molecule has 0 radical (unpaired) electrons. The minimum atomic E-state index is -0.463. The maximum absolute atomic E-state index is 12.9. The fourth-order valence-electron chi connectivity index (χ4n) is 4.57. The Morgan fingerprint density at radius 2 is 1.65 bits per heavy atom. The number of nitrogens with zero attached hydrogens (tertiary/aromatic N) is 2. The number of rotatable bonds is 5. The number of carbonyl (C=O) groups is 4. The molecule has 2 aliphatic heterocycles. The van der Waals surface area contributed by atoms with Crippen molar-refractivity contribution in [1.82, 2.24) is 20.4 Å². The largest absolute Gasteiger partial charge is 0.357 e. The monoisotopic (exact) mass is 428 g/mol. The van der Waals surface area contributed by atoms with E-state index >= 15 is 0 Å². The summed E-state index contributed by atoms with van der Waals surface area (Å²) < 4.78 is 0. The Kier molecular flexibility index (Phi) is 7.30. The molecule has 2 heterocycles. The van der Waals surface area contributed by atoms with Crippen LogP contribution in [0.15, 0.2) is 18.2 Å². The van der Waals surface area contributed by atoms with Crippen molar-refractivity contribution in [2.24, 2.45) is 5.92 Å². The van der Waals surface area contributed by atoms with Gasteiger partial charge in [-0.1, -0.05) is 17.2 Å². The molecular formula is C23H32N4O4. The van der Waals surface area contributed by atoms with Gasteiger partial charge in [-0.25, -0.2) is 0 Å². The first kappa shape index (κ1) is 22.8. The Morgan fingerprint density at radius 1 is 0.968 bits per heavy atom. The van der Waals surface area contributed by atoms with Crippen LogP contribution in [0.3, 0.4) is 0 Å². The number of hydrogen-bond donors (Lipinski definition) is 2. The van der Waals surface area contributed by atoms with Crippen LogP contribution in [0.2, 0.25) is 0 Å². The molecule has 2 aliphatic rings. The van der Waals surface area contributed by atoms with E-state index in [2.05, 4.69) is 10.6 Å². The second kappa shape index (κ2) is 9.94. The van der Waals surface area contributed by atoms with Crippen LogP contribution in [0.5, 0.6) is 0 Å². The number of piperidine rings is 1. The van der Waals surface area contributed by atoms with Crippen LogP contribution < -0.4 is 10.6 Å². The summed E-state index contributed by atoms with van der Waals surface area (Å²) >= 11 is 0. The third-order valence-corrected chi connectivity index (χ3v) is 6.08. The molecule has 31 heavy (non-hydrogen) atoms. The van der Waals surface area contributed by atoms with Gasteiger partial charge >= 0.3 is 0 Å². The van der Waals surface area contributed by atoms with Gasteiger partial charge in [0.05, 0.1) is 12.5 Å². The summed E-state index contributed by atoms with van der Waals surface area (Å²) in [6, 6.07) is 5.30. The van der Waals surface area contributed by atoms with Crippen LogP contribution in [0.4, 0.5) is 0 Å². The summed E-state index contributed by atoms with van der Waals surface area (Å²) in [5, 5.41) is 5.31. The van der Waals surface area contributed by atoms with Gasteiger partial charge in [0.1, 0.15) is 6.04 Å². The van der Waals surface area contributed by atoms with E-state index in [9.17, 15) is 19.2 Å². The number of hydrogen-bond acceptors (Lipinski definition) is 4. The lowest BCUT2D eigenvalue weighted by atomic mass is 9.96. The molecule has 0 saturated carbocycles. The molecule has 4 amide bonds. The molecule has 0 aliphatic carbocycles. The number of likely N-dealkylation sites (N-methyl/N-ethyl adjacent to an activating group) is 1. The lowest BCUT2D eigenvalue weighted by molar-refractivity contribution is -0.139. The van der Waals surface area contributed by atoms with Crippen LogP contribution in [0.1, 0.15) is 47.2 Å². The summed E-state index contributed by atoms with van der Waals surface area (Å²) in [6.45, 7) is 5.28. The molecule has 1 aromatic rings. The second-order valence-electron chi connectivity index (χ2n) is 8.54. The van der Waals surface area contributed by atoms with Crippen molar-refractivity contribution in [3.8, 4) is 0 Å². The molecule has 2 unspecified atom stereocenters. The molecular weight excluding hydrogens is 396 g/mol. The second-order valence-corrected chi connectivity index (χ2v) is 8.54. The van der Waals surface area contributed by atoms with Crippen molar-refractivity contribution in [2.45, 2.75) is 45.6 Å². The van der Waals surface area contributed by atoms with Crippen molar-refractivity contribution in [3.05, 3.63) is 34.9 Å². The highest BCUT2D eigenvalue weighted by molar-refractivity contribution is 5.95. The number of nitrogens with one attached hydrogen (secondary N) is 2. The van der Waals surface area contributed by atoms with Crippen LogP contribution in [-0.2, 0) is 14.4 Å². The van der Waals surface area contributed by atoms with Gasteiger partial charge in [-0.3, -0.25) is 19.2 Å².